The van der Waals surface area contributed by atoms with Crippen molar-refractivity contribution in [1.29, 1.82) is 0 Å². The van der Waals surface area contributed by atoms with Gasteiger partial charge in [-0.25, -0.2) is 0 Å². The Bertz CT molecular complexity index is 488. The van der Waals surface area contributed by atoms with Crippen molar-refractivity contribution >= 4 is 24.8 Å². The van der Waals surface area contributed by atoms with Crippen LogP contribution in [-0.4, -0.2) is 38.2 Å². The number of hydrogen-bond acceptors (Lipinski definition) is 3. The number of methoxy groups -OCH3 is 1. The molecule has 0 aromatic heterocycles. The first-order valence-corrected chi connectivity index (χ1v) is 8.40. The van der Waals surface area contributed by atoms with Crippen molar-refractivity contribution in [3.05, 3.63) is 42.0 Å². The fourth-order valence-electron chi connectivity index (χ4n) is 3.18. The van der Waals surface area contributed by atoms with Crippen molar-refractivity contribution in [3.63, 3.8) is 0 Å². The Balaban J connectivity index is 0.00000264. The predicted molar refractivity (Wildman–Crippen MR) is 108 cm³/mol. The van der Waals surface area contributed by atoms with E-state index in [1.165, 1.54) is 11.1 Å². The van der Waals surface area contributed by atoms with Gasteiger partial charge in [0.2, 0.25) is 0 Å². The molecule has 1 aromatic carbocycles. The monoisotopic (exact) mass is 374 g/mol. The van der Waals surface area contributed by atoms with Gasteiger partial charge in [-0.3, -0.25) is 4.90 Å². The van der Waals surface area contributed by atoms with Crippen LogP contribution in [0.25, 0.3) is 0 Å². The molecule has 0 unspecified atom stereocenters. The molecule has 1 aliphatic rings. The van der Waals surface area contributed by atoms with Crippen LogP contribution in [0.1, 0.15) is 49.8 Å². The van der Waals surface area contributed by atoms with Gasteiger partial charge in [0.05, 0.1) is 7.11 Å². The van der Waals surface area contributed by atoms with Gasteiger partial charge >= 0.3 is 0 Å². The molecule has 1 saturated heterocycles. The second-order valence-electron chi connectivity index (χ2n) is 6.32. The maximum atomic E-state index is 5.66. The lowest BCUT2D eigenvalue weighted by molar-refractivity contribution is 0.163. The van der Waals surface area contributed by atoms with E-state index in [0.29, 0.717) is 12.0 Å². The zero-order valence-electron chi connectivity index (χ0n) is 15.1. The summed E-state index contributed by atoms with van der Waals surface area (Å²) in [6, 6.07) is 7.08. The van der Waals surface area contributed by atoms with Crippen molar-refractivity contribution < 1.29 is 4.74 Å². The summed E-state index contributed by atoms with van der Waals surface area (Å²) in [7, 11) is 1.77. The fourth-order valence-corrected chi connectivity index (χ4v) is 3.18. The number of hydrogen-bond donors (Lipinski definition) is 1. The molecule has 0 amide bonds. The smallest absolute Gasteiger partial charge is 0.123 e. The summed E-state index contributed by atoms with van der Waals surface area (Å²) in [5, 5.41) is 3.44. The zero-order chi connectivity index (χ0) is 15.9. The van der Waals surface area contributed by atoms with E-state index in [0.717, 1.165) is 44.8 Å². The lowest BCUT2D eigenvalue weighted by Crippen LogP contribution is -2.45. The van der Waals surface area contributed by atoms with Crippen LogP contribution in [0.5, 0.6) is 5.75 Å². The number of rotatable bonds is 7. The van der Waals surface area contributed by atoms with E-state index in [2.05, 4.69) is 48.8 Å². The Hall–Kier alpha value is -0.740. The molecular formula is C19H32Cl2N2O. The molecule has 1 aromatic rings. The molecule has 2 rings (SSSR count). The topological polar surface area (TPSA) is 24.5 Å². The number of halogens is 2. The first kappa shape index (κ1) is 23.3. The normalized spacial score (nSPS) is 16.0. The number of nitrogens with one attached hydrogen (secondary N) is 1. The third kappa shape index (κ3) is 5.96. The minimum Gasteiger partial charge on any atom is -0.496 e. The summed E-state index contributed by atoms with van der Waals surface area (Å²) < 4.78 is 5.66. The van der Waals surface area contributed by atoms with E-state index in [4.69, 9.17) is 4.74 Å². The average Bonchev–Trinajstić information content (AvgIpc) is 2.56. The van der Waals surface area contributed by atoms with Crippen molar-refractivity contribution in [2.75, 3.05) is 33.3 Å². The molecule has 138 valence electrons. The van der Waals surface area contributed by atoms with Crippen LogP contribution < -0.4 is 10.1 Å². The van der Waals surface area contributed by atoms with Gasteiger partial charge < -0.3 is 10.1 Å². The minimum atomic E-state index is 0. The van der Waals surface area contributed by atoms with Crippen molar-refractivity contribution in [2.45, 2.75) is 38.6 Å². The first-order chi connectivity index (χ1) is 10.7. The predicted octanol–water partition coefficient (Wildman–Crippen LogP) is 4.57. The maximum Gasteiger partial charge on any atom is 0.123 e. The molecule has 0 radical (unpaired) electrons. The van der Waals surface area contributed by atoms with E-state index in [1.54, 1.807) is 7.11 Å². The number of allylic oxidation sites excluding steroid dienone is 1. The molecule has 1 fully saturated rings. The van der Waals surface area contributed by atoms with Crippen LogP contribution in [-0.2, 0) is 0 Å². The van der Waals surface area contributed by atoms with Crippen LogP contribution in [0.2, 0.25) is 0 Å². The van der Waals surface area contributed by atoms with E-state index in [1.807, 2.05) is 6.08 Å². The largest absolute Gasteiger partial charge is 0.496 e. The lowest BCUT2D eigenvalue weighted by atomic mass is 9.93. The van der Waals surface area contributed by atoms with E-state index >= 15 is 0 Å². The Morgan fingerprint density at radius 1 is 1.25 bits per heavy atom. The molecular weight excluding hydrogens is 343 g/mol. The third-order valence-electron chi connectivity index (χ3n) is 4.52. The van der Waals surface area contributed by atoms with Gasteiger partial charge in [0.15, 0.2) is 0 Å². The van der Waals surface area contributed by atoms with Crippen molar-refractivity contribution in [3.8, 4) is 5.75 Å². The minimum absolute atomic E-state index is 0. The second kappa shape index (κ2) is 11.8. The molecule has 1 heterocycles. The Labute approximate surface area is 159 Å². The number of ether oxygens (including phenoxy) is 1. The van der Waals surface area contributed by atoms with Gasteiger partial charge in [-0.1, -0.05) is 32.1 Å². The van der Waals surface area contributed by atoms with Crippen LogP contribution in [0, 0.1) is 0 Å². The standard InChI is InChI=1S/C19H30N2O.2ClH/c1-5-6-7-18(21-12-10-20-11-13-21)17-14-16(15(2)3)8-9-19(17)22-4;;/h5,8-9,14-15,18,20H,1,6-7,10-13H2,2-4H3;2*1H/t18-;;/m1../s1. The highest BCUT2D eigenvalue weighted by molar-refractivity contribution is 5.85. The summed E-state index contributed by atoms with van der Waals surface area (Å²) >= 11 is 0. The average molecular weight is 375 g/mol. The Morgan fingerprint density at radius 3 is 2.46 bits per heavy atom. The quantitative estimate of drug-likeness (QED) is 0.707. The zero-order valence-corrected chi connectivity index (χ0v) is 16.7. The highest BCUT2D eigenvalue weighted by atomic mass is 35.5. The van der Waals surface area contributed by atoms with Gasteiger partial charge in [-0.15, -0.1) is 31.4 Å². The van der Waals surface area contributed by atoms with Gasteiger partial charge in [-0.05, 0) is 30.4 Å². The summed E-state index contributed by atoms with van der Waals surface area (Å²) in [6.07, 6.45) is 4.15. The van der Waals surface area contributed by atoms with Crippen LogP contribution >= 0.6 is 24.8 Å². The van der Waals surface area contributed by atoms with Crippen molar-refractivity contribution in [2.24, 2.45) is 0 Å². The highest BCUT2D eigenvalue weighted by Crippen LogP contribution is 2.35. The lowest BCUT2D eigenvalue weighted by Gasteiger charge is -2.36. The summed E-state index contributed by atoms with van der Waals surface area (Å²) in [5.41, 5.74) is 2.71. The number of piperazine rings is 1. The molecule has 0 aliphatic carbocycles. The molecule has 1 atom stereocenters. The van der Waals surface area contributed by atoms with E-state index in [-0.39, 0.29) is 24.8 Å². The molecule has 1 aliphatic heterocycles. The maximum absolute atomic E-state index is 5.66. The second-order valence-corrected chi connectivity index (χ2v) is 6.32. The summed E-state index contributed by atoms with van der Waals surface area (Å²) in [4.78, 5) is 2.59. The van der Waals surface area contributed by atoms with Crippen LogP contribution in [0.3, 0.4) is 0 Å². The van der Waals surface area contributed by atoms with Gasteiger partial charge in [-0.2, -0.15) is 0 Å². The van der Waals surface area contributed by atoms with Crippen LogP contribution in [0.4, 0.5) is 0 Å². The molecule has 0 saturated carbocycles. The van der Waals surface area contributed by atoms with Crippen molar-refractivity contribution in [1.82, 2.24) is 10.2 Å². The van der Waals surface area contributed by atoms with Crippen LogP contribution in [0.15, 0.2) is 30.9 Å². The first-order valence-electron chi connectivity index (χ1n) is 8.40. The molecule has 24 heavy (non-hydrogen) atoms. The SMILES string of the molecule is C=CCC[C@H](c1cc(C(C)C)ccc1OC)N1CCNCC1.Cl.Cl. The van der Waals surface area contributed by atoms with Gasteiger partial charge in [0.25, 0.3) is 0 Å². The Kier molecular flexibility index (Phi) is 11.4. The van der Waals surface area contributed by atoms with Gasteiger partial charge in [0, 0.05) is 37.8 Å². The van der Waals surface area contributed by atoms with Gasteiger partial charge in [0.1, 0.15) is 5.75 Å². The molecule has 5 heteroatoms. The summed E-state index contributed by atoms with van der Waals surface area (Å²) in [6.45, 7) is 12.7. The van der Waals surface area contributed by atoms with E-state index in [9.17, 15) is 0 Å². The summed E-state index contributed by atoms with van der Waals surface area (Å²) in [5.74, 6) is 1.55. The third-order valence-corrected chi connectivity index (χ3v) is 4.52. The molecule has 3 nitrogen and oxygen atoms in total. The highest BCUT2D eigenvalue weighted by Gasteiger charge is 2.24. The molecule has 0 bridgehead atoms. The van der Waals surface area contributed by atoms with E-state index < -0.39 is 0 Å². The Morgan fingerprint density at radius 2 is 1.92 bits per heavy atom. The molecule has 1 N–H and O–H groups in total. The number of benzene rings is 1. The fraction of sp³-hybridized carbons (Fsp3) is 0.579. The number of nitrogens with zero attached hydrogens (tertiary/aromatic N) is 1. The molecule has 0 spiro atoms.